The molecule has 1 aliphatic heterocycles. The Balaban J connectivity index is 2.40. The molecule has 8 heteroatoms. The average molecular weight is 224 g/mol. The number of oxime groups is 1. The van der Waals surface area contributed by atoms with E-state index in [9.17, 15) is 4.79 Å². The van der Waals surface area contributed by atoms with E-state index < -0.39 is 12.1 Å². The van der Waals surface area contributed by atoms with E-state index in [4.69, 9.17) is 10.9 Å². The Hall–Kier alpha value is -1.96. The number of aromatic nitrogens is 3. The van der Waals surface area contributed by atoms with Gasteiger partial charge in [0.2, 0.25) is 5.95 Å². The zero-order valence-electron chi connectivity index (χ0n) is 8.71. The molecule has 0 saturated carbocycles. The highest BCUT2D eigenvalue weighted by Crippen LogP contribution is 2.17. The monoisotopic (exact) mass is 224 g/mol. The standard InChI is InChI=1S/C8H12N6O2/c1-2-3-4-10-8-11-7(15)5(13-16)6(9)14(8)12-4/h6,16H,2-3,9H2,1H3,(H,10,11,12,15)/b13-5+/t6-/m0/s1. The van der Waals surface area contributed by atoms with Crippen LogP contribution in [-0.4, -0.2) is 31.6 Å². The Morgan fingerprint density at radius 3 is 3.06 bits per heavy atom. The number of nitrogens with one attached hydrogen (secondary N) is 1. The third-order valence-corrected chi connectivity index (χ3v) is 2.26. The minimum atomic E-state index is -0.896. The molecule has 2 heterocycles. The van der Waals surface area contributed by atoms with E-state index in [1.807, 2.05) is 6.92 Å². The first-order valence-electron chi connectivity index (χ1n) is 4.91. The summed E-state index contributed by atoms with van der Waals surface area (Å²) < 4.78 is 1.33. The van der Waals surface area contributed by atoms with Crippen molar-refractivity contribution in [1.82, 2.24) is 14.8 Å². The van der Waals surface area contributed by atoms with Gasteiger partial charge in [-0.3, -0.25) is 10.1 Å². The van der Waals surface area contributed by atoms with Crippen LogP contribution in [0.1, 0.15) is 25.3 Å². The third-order valence-electron chi connectivity index (χ3n) is 2.26. The predicted molar refractivity (Wildman–Crippen MR) is 55.1 cm³/mol. The van der Waals surface area contributed by atoms with Crippen molar-refractivity contribution >= 4 is 17.6 Å². The second-order valence-corrected chi connectivity index (χ2v) is 3.43. The van der Waals surface area contributed by atoms with Crippen molar-refractivity contribution in [3.63, 3.8) is 0 Å². The zero-order valence-corrected chi connectivity index (χ0v) is 8.71. The number of hydrogen-bond acceptors (Lipinski definition) is 6. The molecular formula is C8H12N6O2. The van der Waals surface area contributed by atoms with Crippen LogP contribution in [0.2, 0.25) is 0 Å². The lowest BCUT2D eigenvalue weighted by atomic mass is 10.2. The fourth-order valence-electron chi connectivity index (χ4n) is 1.50. The summed E-state index contributed by atoms with van der Waals surface area (Å²) in [6, 6.07) is 0. The highest BCUT2D eigenvalue weighted by molar-refractivity contribution is 6.44. The third kappa shape index (κ3) is 1.52. The van der Waals surface area contributed by atoms with Crippen molar-refractivity contribution < 1.29 is 10.0 Å². The predicted octanol–water partition coefficient (Wildman–Crippen LogP) is -0.530. The quantitative estimate of drug-likeness (QED) is 0.461. The lowest BCUT2D eigenvalue weighted by Gasteiger charge is -2.19. The van der Waals surface area contributed by atoms with Crippen molar-refractivity contribution in [2.24, 2.45) is 10.9 Å². The van der Waals surface area contributed by atoms with E-state index in [-0.39, 0.29) is 11.7 Å². The van der Waals surface area contributed by atoms with Crippen LogP contribution in [0.25, 0.3) is 0 Å². The Morgan fingerprint density at radius 2 is 2.44 bits per heavy atom. The summed E-state index contributed by atoms with van der Waals surface area (Å²) in [5.74, 6) is 0.332. The molecule has 8 nitrogen and oxygen atoms in total. The second kappa shape index (κ2) is 3.89. The molecule has 4 N–H and O–H groups in total. The molecule has 0 spiro atoms. The second-order valence-electron chi connectivity index (χ2n) is 3.43. The average Bonchev–Trinajstić information content (AvgIpc) is 2.62. The number of amides is 1. The van der Waals surface area contributed by atoms with Crippen LogP contribution in [0, 0.1) is 0 Å². The molecule has 0 aliphatic carbocycles. The Morgan fingerprint density at radius 1 is 1.69 bits per heavy atom. The van der Waals surface area contributed by atoms with Gasteiger partial charge in [-0.2, -0.15) is 10.1 Å². The maximum Gasteiger partial charge on any atom is 0.279 e. The molecular weight excluding hydrogens is 212 g/mol. The molecule has 86 valence electrons. The largest absolute Gasteiger partial charge is 0.410 e. The number of hydrogen-bond donors (Lipinski definition) is 3. The van der Waals surface area contributed by atoms with Crippen LogP contribution in [0.3, 0.4) is 0 Å². The van der Waals surface area contributed by atoms with Gasteiger partial charge >= 0.3 is 0 Å². The number of nitrogens with zero attached hydrogens (tertiary/aromatic N) is 4. The maximum atomic E-state index is 11.4. The van der Waals surface area contributed by atoms with Crippen LogP contribution >= 0.6 is 0 Å². The highest BCUT2D eigenvalue weighted by atomic mass is 16.4. The zero-order chi connectivity index (χ0) is 11.7. The van der Waals surface area contributed by atoms with Crippen LogP contribution in [0.15, 0.2) is 5.16 Å². The Labute approximate surface area is 91.1 Å². The number of anilines is 1. The molecule has 2 rings (SSSR count). The molecule has 1 atom stereocenters. The SMILES string of the molecule is CCCc1nc2n(n1)[C@H](N)/C(=N\O)C(=O)N2. The fourth-order valence-corrected chi connectivity index (χ4v) is 1.50. The van der Waals surface area contributed by atoms with Crippen molar-refractivity contribution in [2.45, 2.75) is 25.9 Å². The van der Waals surface area contributed by atoms with E-state index >= 15 is 0 Å². The van der Waals surface area contributed by atoms with Gasteiger partial charge in [0.05, 0.1) is 0 Å². The molecule has 0 radical (unpaired) electrons. The van der Waals surface area contributed by atoms with Crippen molar-refractivity contribution in [1.29, 1.82) is 0 Å². The Bertz CT molecular complexity index is 451. The summed E-state index contributed by atoms with van der Waals surface area (Å²) in [5, 5.41) is 18.1. The van der Waals surface area contributed by atoms with Crippen LogP contribution < -0.4 is 11.1 Å². The highest BCUT2D eigenvalue weighted by Gasteiger charge is 2.32. The normalized spacial score (nSPS) is 22.0. The summed E-state index contributed by atoms with van der Waals surface area (Å²) in [6.07, 6.45) is 0.703. The number of aryl methyl sites for hydroxylation is 1. The van der Waals surface area contributed by atoms with Gasteiger partial charge in [0.15, 0.2) is 17.7 Å². The van der Waals surface area contributed by atoms with Gasteiger partial charge in [0, 0.05) is 6.42 Å². The molecule has 0 bridgehead atoms. The summed E-state index contributed by atoms with van der Waals surface area (Å²) in [4.78, 5) is 15.5. The molecule has 1 aromatic rings. The molecule has 0 fully saturated rings. The van der Waals surface area contributed by atoms with Gasteiger partial charge in [-0.05, 0) is 6.42 Å². The summed E-state index contributed by atoms with van der Waals surface area (Å²) in [5.41, 5.74) is 5.53. The first-order chi connectivity index (χ1) is 7.67. The number of rotatable bonds is 2. The van der Waals surface area contributed by atoms with Crippen molar-refractivity contribution in [2.75, 3.05) is 5.32 Å². The molecule has 0 unspecified atom stereocenters. The Kier molecular flexibility index (Phi) is 2.57. The van der Waals surface area contributed by atoms with Gasteiger partial charge in [-0.25, -0.2) is 4.68 Å². The number of carbonyl (C=O) groups excluding carboxylic acids is 1. The van der Waals surface area contributed by atoms with Crippen LogP contribution in [0.5, 0.6) is 0 Å². The minimum Gasteiger partial charge on any atom is -0.410 e. The number of fused-ring (bicyclic) bond motifs is 1. The lowest BCUT2D eigenvalue weighted by Crippen LogP contribution is -2.42. The van der Waals surface area contributed by atoms with E-state index in [0.717, 1.165) is 6.42 Å². The minimum absolute atomic E-state index is 0.180. The molecule has 16 heavy (non-hydrogen) atoms. The molecule has 0 saturated heterocycles. The van der Waals surface area contributed by atoms with Gasteiger partial charge in [0.25, 0.3) is 5.91 Å². The fraction of sp³-hybridized carbons (Fsp3) is 0.500. The number of carbonyl (C=O) groups is 1. The lowest BCUT2D eigenvalue weighted by molar-refractivity contribution is -0.111. The first-order valence-corrected chi connectivity index (χ1v) is 4.91. The van der Waals surface area contributed by atoms with Crippen molar-refractivity contribution in [3.8, 4) is 0 Å². The van der Waals surface area contributed by atoms with Crippen molar-refractivity contribution in [3.05, 3.63) is 5.82 Å². The smallest absolute Gasteiger partial charge is 0.279 e. The van der Waals surface area contributed by atoms with E-state index in [1.165, 1.54) is 4.68 Å². The molecule has 1 amide bonds. The van der Waals surface area contributed by atoms with Crippen LogP contribution in [-0.2, 0) is 11.2 Å². The maximum absolute atomic E-state index is 11.4. The number of nitrogens with two attached hydrogens (primary N) is 1. The van der Waals surface area contributed by atoms with Gasteiger partial charge in [-0.1, -0.05) is 12.1 Å². The summed E-state index contributed by atoms with van der Waals surface area (Å²) in [7, 11) is 0. The van der Waals surface area contributed by atoms with E-state index in [2.05, 4.69) is 20.6 Å². The first kappa shape index (κ1) is 10.6. The summed E-state index contributed by atoms with van der Waals surface area (Å²) >= 11 is 0. The summed E-state index contributed by atoms with van der Waals surface area (Å²) in [6.45, 7) is 2.00. The molecule has 1 aromatic heterocycles. The molecule has 1 aliphatic rings. The van der Waals surface area contributed by atoms with E-state index in [0.29, 0.717) is 12.2 Å². The topological polar surface area (TPSA) is 118 Å². The van der Waals surface area contributed by atoms with Gasteiger partial charge in [0.1, 0.15) is 0 Å². The van der Waals surface area contributed by atoms with Gasteiger partial charge < -0.3 is 10.9 Å². The molecule has 0 aromatic carbocycles. The van der Waals surface area contributed by atoms with E-state index in [1.54, 1.807) is 0 Å². The van der Waals surface area contributed by atoms with Gasteiger partial charge in [-0.15, -0.1) is 0 Å². The van der Waals surface area contributed by atoms with Crippen LogP contribution in [0.4, 0.5) is 5.95 Å².